The monoisotopic (exact) mass is 166 g/mol. The third-order valence-electron chi connectivity index (χ3n) is 2.20. The molecule has 0 atom stereocenters. The molecule has 2 heteroatoms. The number of hydrogen-bond acceptors (Lipinski definition) is 2. The van der Waals surface area contributed by atoms with Crippen molar-refractivity contribution >= 4 is 0 Å². The summed E-state index contributed by atoms with van der Waals surface area (Å²) >= 11 is 0. The van der Waals surface area contributed by atoms with Crippen LogP contribution in [-0.4, -0.2) is 25.7 Å². The largest absolute Gasteiger partial charge is 0.317 e. The van der Waals surface area contributed by atoms with Crippen LogP contribution in [-0.2, 0) is 0 Å². The summed E-state index contributed by atoms with van der Waals surface area (Å²) in [5.41, 5.74) is 0. The highest BCUT2D eigenvalue weighted by Crippen LogP contribution is 2.00. The van der Waals surface area contributed by atoms with Gasteiger partial charge in [0.25, 0.3) is 0 Å². The van der Waals surface area contributed by atoms with E-state index in [4.69, 9.17) is 0 Å². The summed E-state index contributed by atoms with van der Waals surface area (Å²) in [6.07, 6.45) is 3.51. The zero-order valence-electron chi connectivity index (χ0n) is 7.82. The lowest BCUT2D eigenvalue weighted by atomic mass is 10.1. The van der Waals surface area contributed by atoms with E-state index in [1.165, 1.54) is 12.8 Å². The van der Waals surface area contributed by atoms with Gasteiger partial charge in [-0.05, 0) is 32.9 Å². The molecule has 12 heavy (non-hydrogen) atoms. The summed E-state index contributed by atoms with van der Waals surface area (Å²) in [4.78, 5) is 0. The van der Waals surface area contributed by atoms with E-state index in [1.54, 1.807) is 0 Å². The maximum Gasteiger partial charge on any atom is 0.0214 e. The second-order valence-corrected chi connectivity index (χ2v) is 3.16. The molecular weight excluding hydrogens is 148 g/mol. The van der Waals surface area contributed by atoms with Gasteiger partial charge < -0.3 is 10.6 Å². The molecule has 1 saturated heterocycles. The molecule has 1 rings (SSSR count). The van der Waals surface area contributed by atoms with Crippen LogP contribution in [0.1, 0.15) is 26.2 Å². The van der Waals surface area contributed by atoms with E-state index in [0.717, 1.165) is 32.1 Å². The second kappa shape index (κ2) is 6.05. The summed E-state index contributed by atoms with van der Waals surface area (Å²) in [5.74, 6) is 5.96. The fourth-order valence-electron chi connectivity index (χ4n) is 1.49. The molecule has 2 nitrogen and oxygen atoms in total. The molecule has 68 valence electrons. The van der Waals surface area contributed by atoms with Gasteiger partial charge in [-0.2, -0.15) is 0 Å². The molecule has 0 aromatic rings. The van der Waals surface area contributed by atoms with Crippen LogP contribution >= 0.6 is 0 Å². The van der Waals surface area contributed by atoms with Crippen molar-refractivity contribution in [3.63, 3.8) is 0 Å². The van der Waals surface area contributed by atoms with Crippen molar-refractivity contribution in [2.75, 3.05) is 19.6 Å². The van der Waals surface area contributed by atoms with Gasteiger partial charge in [0.15, 0.2) is 0 Å². The van der Waals surface area contributed by atoms with Crippen LogP contribution in [0.3, 0.4) is 0 Å². The van der Waals surface area contributed by atoms with Gasteiger partial charge in [0.1, 0.15) is 0 Å². The molecule has 0 spiro atoms. The molecule has 0 aromatic heterocycles. The Labute approximate surface area is 75.1 Å². The van der Waals surface area contributed by atoms with Gasteiger partial charge in [-0.15, -0.1) is 11.8 Å². The van der Waals surface area contributed by atoms with Gasteiger partial charge >= 0.3 is 0 Å². The third kappa shape index (κ3) is 3.75. The highest BCUT2D eigenvalue weighted by atomic mass is 15.0. The maximum absolute atomic E-state index is 3.51. The lowest BCUT2D eigenvalue weighted by Gasteiger charge is -2.23. The minimum atomic E-state index is 0.727. The Morgan fingerprint density at radius 3 is 2.83 bits per heavy atom. The lowest BCUT2D eigenvalue weighted by molar-refractivity contribution is 0.391. The fraction of sp³-hybridized carbons (Fsp3) is 0.800. The van der Waals surface area contributed by atoms with E-state index < -0.39 is 0 Å². The highest BCUT2D eigenvalue weighted by molar-refractivity contribution is 4.95. The van der Waals surface area contributed by atoms with Crippen LogP contribution in [0.5, 0.6) is 0 Å². The van der Waals surface area contributed by atoms with Crippen molar-refractivity contribution in [2.45, 2.75) is 32.2 Å². The predicted octanol–water partition coefficient (Wildman–Crippen LogP) is 0.741. The molecule has 1 heterocycles. The third-order valence-corrected chi connectivity index (χ3v) is 2.20. The first-order chi connectivity index (χ1) is 5.93. The Balaban J connectivity index is 2.00. The molecule has 0 amide bonds. The first-order valence-corrected chi connectivity index (χ1v) is 4.77. The van der Waals surface area contributed by atoms with Gasteiger partial charge in [0, 0.05) is 19.0 Å². The Morgan fingerprint density at radius 1 is 1.42 bits per heavy atom. The smallest absolute Gasteiger partial charge is 0.0214 e. The van der Waals surface area contributed by atoms with Gasteiger partial charge in [-0.25, -0.2) is 0 Å². The summed E-state index contributed by atoms with van der Waals surface area (Å²) in [6, 6.07) is 0.727. The van der Waals surface area contributed by atoms with Gasteiger partial charge in [-0.1, -0.05) is 0 Å². The van der Waals surface area contributed by atoms with Crippen LogP contribution in [0.2, 0.25) is 0 Å². The SMILES string of the molecule is CC#CCCNC1CCNCC1. The fourth-order valence-corrected chi connectivity index (χ4v) is 1.49. The lowest BCUT2D eigenvalue weighted by Crippen LogP contribution is -2.40. The molecule has 0 unspecified atom stereocenters. The standard InChI is InChI=1S/C10H18N2/c1-2-3-4-7-12-10-5-8-11-9-6-10/h10-12H,4-9H2,1H3. The quantitative estimate of drug-likeness (QED) is 0.477. The van der Waals surface area contributed by atoms with Crippen LogP contribution in [0.15, 0.2) is 0 Å². The van der Waals surface area contributed by atoms with Crippen LogP contribution in [0.25, 0.3) is 0 Å². The average molecular weight is 166 g/mol. The Hall–Kier alpha value is -0.520. The van der Waals surface area contributed by atoms with Crippen molar-refractivity contribution in [1.82, 2.24) is 10.6 Å². The zero-order chi connectivity index (χ0) is 8.65. The van der Waals surface area contributed by atoms with Crippen molar-refractivity contribution in [3.05, 3.63) is 0 Å². The van der Waals surface area contributed by atoms with E-state index in [9.17, 15) is 0 Å². The van der Waals surface area contributed by atoms with E-state index in [-0.39, 0.29) is 0 Å². The molecule has 0 radical (unpaired) electrons. The molecule has 0 aromatic carbocycles. The summed E-state index contributed by atoms with van der Waals surface area (Å²) in [7, 11) is 0. The second-order valence-electron chi connectivity index (χ2n) is 3.16. The molecule has 0 saturated carbocycles. The van der Waals surface area contributed by atoms with E-state index in [2.05, 4.69) is 22.5 Å². The first kappa shape index (κ1) is 9.57. The Kier molecular flexibility index (Phi) is 4.82. The minimum Gasteiger partial charge on any atom is -0.317 e. The molecule has 2 N–H and O–H groups in total. The summed E-state index contributed by atoms with van der Waals surface area (Å²) < 4.78 is 0. The van der Waals surface area contributed by atoms with E-state index in [1.807, 2.05) is 6.92 Å². The zero-order valence-corrected chi connectivity index (χ0v) is 7.82. The Bertz CT molecular complexity index is 160. The topological polar surface area (TPSA) is 24.1 Å². The number of nitrogens with one attached hydrogen (secondary N) is 2. The molecule has 0 aliphatic carbocycles. The minimum absolute atomic E-state index is 0.727. The van der Waals surface area contributed by atoms with Crippen molar-refractivity contribution in [1.29, 1.82) is 0 Å². The summed E-state index contributed by atoms with van der Waals surface area (Å²) in [6.45, 7) is 5.27. The van der Waals surface area contributed by atoms with Crippen LogP contribution < -0.4 is 10.6 Å². The van der Waals surface area contributed by atoms with Crippen LogP contribution in [0.4, 0.5) is 0 Å². The average Bonchev–Trinajstić information content (AvgIpc) is 2.14. The van der Waals surface area contributed by atoms with Gasteiger partial charge in [0.05, 0.1) is 0 Å². The normalized spacial score (nSPS) is 18.4. The highest BCUT2D eigenvalue weighted by Gasteiger charge is 2.10. The number of piperidine rings is 1. The van der Waals surface area contributed by atoms with Crippen LogP contribution in [0, 0.1) is 11.8 Å². The molecular formula is C10H18N2. The maximum atomic E-state index is 3.51. The predicted molar refractivity (Wildman–Crippen MR) is 52.0 cm³/mol. The van der Waals surface area contributed by atoms with Crippen molar-refractivity contribution < 1.29 is 0 Å². The molecule has 1 aliphatic rings. The molecule has 0 bridgehead atoms. The van der Waals surface area contributed by atoms with E-state index in [0.29, 0.717) is 0 Å². The summed E-state index contributed by atoms with van der Waals surface area (Å²) in [5, 5.41) is 6.86. The number of hydrogen-bond donors (Lipinski definition) is 2. The molecule has 1 aliphatic heterocycles. The van der Waals surface area contributed by atoms with Crippen molar-refractivity contribution in [3.8, 4) is 11.8 Å². The number of rotatable bonds is 3. The van der Waals surface area contributed by atoms with Crippen molar-refractivity contribution in [2.24, 2.45) is 0 Å². The van der Waals surface area contributed by atoms with Gasteiger partial charge in [-0.3, -0.25) is 0 Å². The van der Waals surface area contributed by atoms with E-state index >= 15 is 0 Å². The Morgan fingerprint density at radius 2 is 2.17 bits per heavy atom. The van der Waals surface area contributed by atoms with Gasteiger partial charge in [0.2, 0.25) is 0 Å². The molecule has 1 fully saturated rings. The first-order valence-electron chi connectivity index (χ1n) is 4.77.